The van der Waals surface area contributed by atoms with E-state index >= 15 is 0 Å². The minimum absolute atomic E-state index is 0.639. The number of aromatic nitrogens is 3. The van der Waals surface area contributed by atoms with Crippen molar-refractivity contribution in [3.8, 4) is 28.3 Å². The molecule has 4 aromatic rings. The average molecular weight is 310 g/mol. The molecule has 4 heteroatoms. The van der Waals surface area contributed by atoms with E-state index in [9.17, 15) is 5.26 Å². The van der Waals surface area contributed by atoms with Crippen LogP contribution in [0.25, 0.3) is 33.3 Å². The molecule has 1 N–H and O–H groups in total. The van der Waals surface area contributed by atoms with Gasteiger partial charge < -0.3 is 0 Å². The summed E-state index contributed by atoms with van der Waals surface area (Å²) >= 11 is 0. The highest BCUT2D eigenvalue weighted by Gasteiger charge is 2.16. The molecule has 0 aliphatic heterocycles. The molecule has 0 aliphatic carbocycles. The summed E-state index contributed by atoms with van der Waals surface area (Å²) in [5.41, 5.74) is 7.41. The van der Waals surface area contributed by atoms with Gasteiger partial charge in [0, 0.05) is 17.3 Å². The van der Waals surface area contributed by atoms with E-state index in [2.05, 4.69) is 40.3 Å². The van der Waals surface area contributed by atoms with Crippen molar-refractivity contribution in [1.82, 2.24) is 15.2 Å². The van der Waals surface area contributed by atoms with Crippen molar-refractivity contribution in [2.45, 2.75) is 6.92 Å². The molecule has 0 bridgehead atoms. The lowest BCUT2D eigenvalue weighted by Gasteiger charge is -2.15. The van der Waals surface area contributed by atoms with Gasteiger partial charge in [0.05, 0.1) is 23.3 Å². The number of nitriles is 1. The average Bonchev–Trinajstić information content (AvgIpc) is 3.09. The molecule has 0 unspecified atom stereocenters. The number of H-pyrrole nitrogens is 1. The molecule has 0 aliphatic rings. The number of nitrogens with one attached hydrogen (secondary N) is 1. The van der Waals surface area contributed by atoms with Crippen molar-refractivity contribution < 1.29 is 0 Å². The molecule has 2 aromatic carbocycles. The number of fused-ring (bicyclic) bond motifs is 1. The van der Waals surface area contributed by atoms with E-state index in [1.54, 1.807) is 12.4 Å². The van der Waals surface area contributed by atoms with Crippen LogP contribution in [-0.2, 0) is 0 Å². The van der Waals surface area contributed by atoms with Gasteiger partial charge in [-0.3, -0.25) is 10.1 Å². The minimum atomic E-state index is 0.639. The molecular weight excluding hydrogens is 296 g/mol. The van der Waals surface area contributed by atoms with E-state index in [4.69, 9.17) is 0 Å². The quantitative estimate of drug-likeness (QED) is 0.594. The Kier molecular flexibility index (Phi) is 3.33. The zero-order chi connectivity index (χ0) is 16.5. The SMILES string of the molecule is Cc1ccc(C#N)c(-c2cnc3cn[nH]c3c2)c1-c1ccccc1. The molecule has 114 valence electrons. The Bertz CT molecular complexity index is 1070. The minimum Gasteiger partial charge on any atom is -0.276 e. The number of nitrogens with zero attached hydrogens (tertiary/aromatic N) is 3. The maximum absolute atomic E-state index is 9.62. The third-order valence-corrected chi connectivity index (χ3v) is 4.18. The number of rotatable bonds is 2. The summed E-state index contributed by atoms with van der Waals surface area (Å²) in [6, 6.07) is 18.3. The van der Waals surface area contributed by atoms with Crippen molar-refractivity contribution in [3.63, 3.8) is 0 Å². The van der Waals surface area contributed by atoms with Gasteiger partial charge in [-0.25, -0.2) is 0 Å². The van der Waals surface area contributed by atoms with Crippen LogP contribution in [0, 0.1) is 18.3 Å². The zero-order valence-electron chi connectivity index (χ0n) is 13.1. The molecule has 0 fully saturated rings. The Morgan fingerprint density at radius 1 is 0.958 bits per heavy atom. The Balaban J connectivity index is 2.06. The van der Waals surface area contributed by atoms with Gasteiger partial charge in [-0.2, -0.15) is 10.4 Å². The molecule has 24 heavy (non-hydrogen) atoms. The fourth-order valence-corrected chi connectivity index (χ4v) is 3.04. The summed E-state index contributed by atoms with van der Waals surface area (Å²) in [6.07, 6.45) is 3.50. The topological polar surface area (TPSA) is 65.4 Å². The fourth-order valence-electron chi connectivity index (χ4n) is 3.04. The summed E-state index contributed by atoms with van der Waals surface area (Å²) < 4.78 is 0. The van der Waals surface area contributed by atoms with Gasteiger partial charge in [-0.05, 0) is 35.7 Å². The number of pyridine rings is 1. The summed E-state index contributed by atoms with van der Waals surface area (Å²) in [6.45, 7) is 2.06. The van der Waals surface area contributed by atoms with Gasteiger partial charge in [0.15, 0.2) is 0 Å². The predicted molar refractivity (Wildman–Crippen MR) is 94.2 cm³/mol. The van der Waals surface area contributed by atoms with Crippen LogP contribution in [0.4, 0.5) is 0 Å². The van der Waals surface area contributed by atoms with Gasteiger partial charge in [0.25, 0.3) is 0 Å². The monoisotopic (exact) mass is 310 g/mol. The van der Waals surface area contributed by atoms with E-state index in [1.165, 1.54) is 0 Å². The molecule has 0 amide bonds. The van der Waals surface area contributed by atoms with E-state index in [0.29, 0.717) is 5.56 Å². The molecule has 0 saturated carbocycles. The smallest absolute Gasteiger partial charge is 0.108 e. The summed E-state index contributed by atoms with van der Waals surface area (Å²) in [7, 11) is 0. The maximum atomic E-state index is 9.62. The highest BCUT2D eigenvalue weighted by atomic mass is 15.1. The zero-order valence-corrected chi connectivity index (χ0v) is 13.1. The number of hydrogen-bond donors (Lipinski definition) is 1. The second kappa shape index (κ2) is 5.64. The largest absolute Gasteiger partial charge is 0.276 e. The first-order valence-corrected chi connectivity index (χ1v) is 7.66. The molecule has 2 heterocycles. The number of aromatic amines is 1. The number of aryl methyl sites for hydroxylation is 1. The van der Waals surface area contributed by atoms with Crippen LogP contribution in [-0.4, -0.2) is 15.2 Å². The third kappa shape index (κ3) is 2.24. The second-order valence-corrected chi connectivity index (χ2v) is 5.68. The van der Waals surface area contributed by atoms with Crippen molar-refractivity contribution >= 4 is 11.0 Å². The first-order chi connectivity index (χ1) is 11.8. The van der Waals surface area contributed by atoms with E-state index in [1.807, 2.05) is 36.4 Å². The van der Waals surface area contributed by atoms with Crippen LogP contribution in [0.1, 0.15) is 11.1 Å². The van der Waals surface area contributed by atoms with Crippen molar-refractivity contribution in [2.24, 2.45) is 0 Å². The van der Waals surface area contributed by atoms with Crippen LogP contribution in [0.2, 0.25) is 0 Å². The highest BCUT2D eigenvalue weighted by Crippen LogP contribution is 2.37. The Morgan fingerprint density at radius 3 is 2.58 bits per heavy atom. The Labute approximate surface area is 139 Å². The maximum Gasteiger partial charge on any atom is 0.108 e. The van der Waals surface area contributed by atoms with Crippen LogP contribution in [0.3, 0.4) is 0 Å². The van der Waals surface area contributed by atoms with Gasteiger partial charge >= 0.3 is 0 Å². The normalized spacial score (nSPS) is 10.7. The third-order valence-electron chi connectivity index (χ3n) is 4.18. The lowest BCUT2D eigenvalue weighted by Crippen LogP contribution is -1.94. The highest BCUT2D eigenvalue weighted by molar-refractivity contribution is 5.91. The second-order valence-electron chi connectivity index (χ2n) is 5.68. The first kappa shape index (κ1) is 14.2. The molecule has 0 saturated heterocycles. The van der Waals surface area contributed by atoms with Crippen molar-refractivity contribution in [1.29, 1.82) is 5.26 Å². The Hall–Kier alpha value is -3.45. The molecule has 0 atom stereocenters. The summed E-state index contributed by atoms with van der Waals surface area (Å²) in [4.78, 5) is 4.45. The van der Waals surface area contributed by atoms with Gasteiger partial charge in [0.2, 0.25) is 0 Å². The van der Waals surface area contributed by atoms with Gasteiger partial charge in [-0.1, -0.05) is 36.4 Å². The van der Waals surface area contributed by atoms with E-state index in [0.717, 1.165) is 38.9 Å². The molecule has 2 aromatic heterocycles. The molecule has 4 rings (SSSR count). The predicted octanol–water partition coefficient (Wildman–Crippen LogP) is 4.47. The van der Waals surface area contributed by atoms with Crippen molar-refractivity contribution in [2.75, 3.05) is 0 Å². The standard InChI is InChI=1S/C20H14N4/c1-13-7-8-15(10-21)20(19(13)14-5-3-2-4-6-14)16-9-17-18(22-11-16)12-23-24-17/h2-9,11-12H,1H3,(H,23,24). The number of hydrogen-bond acceptors (Lipinski definition) is 3. The van der Waals surface area contributed by atoms with Crippen LogP contribution in [0.5, 0.6) is 0 Å². The first-order valence-electron chi connectivity index (χ1n) is 7.66. The summed E-state index contributed by atoms with van der Waals surface area (Å²) in [5.74, 6) is 0. The fraction of sp³-hybridized carbons (Fsp3) is 0.0500. The lowest BCUT2D eigenvalue weighted by molar-refractivity contribution is 1.12. The van der Waals surface area contributed by atoms with Crippen LogP contribution >= 0.6 is 0 Å². The lowest BCUT2D eigenvalue weighted by atomic mass is 9.88. The van der Waals surface area contributed by atoms with E-state index < -0.39 is 0 Å². The molecule has 4 nitrogen and oxygen atoms in total. The van der Waals surface area contributed by atoms with Crippen LogP contribution in [0.15, 0.2) is 60.9 Å². The van der Waals surface area contributed by atoms with Gasteiger partial charge in [-0.15, -0.1) is 0 Å². The van der Waals surface area contributed by atoms with Crippen LogP contribution < -0.4 is 0 Å². The molecule has 0 radical (unpaired) electrons. The summed E-state index contributed by atoms with van der Waals surface area (Å²) in [5, 5.41) is 16.6. The molecule has 0 spiro atoms. The van der Waals surface area contributed by atoms with E-state index in [-0.39, 0.29) is 0 Å². The number of benzene rings is 2. The van der Waals surface area contributed by atoms with Gasteiger partial charge in [0.1, 0.15) is 5.52 Å². The van der Waals surface area contributed by atoms with Crippen molar-refractivity contribution in [3.05, 3.63) is 72.1 Å². The Morgan fingerprint density at radius 2 is 1.79 bits per heavy atom. The molecular formula is C20H14N4.